The van der Waals surface area contributed by atoms with E-state index in [0.29, 0.717) is 17.7 Å². The van der Waals surface area contributed by atoms with E-state index in [-0.39, 0.29) is 28.5 Å². The van der Waals surface area contributed by atoms with Crippen LogP contribution in [0.25, 0.3) is 0 Å². The number of nitrogens with zero attached hydrogens (tertiary/aromatic N) is 2. The highest BCUT2D eigenvalue weighted by atomic mass is 16.4. The average molecular weight is 379 g/mol. The lowest BCUT2D eigenvalue weighted by atomic mass is 9.96. The Hall–Kier alpha value is -3.40. The summed E-state index contributed by atoms with van der Waals surface area (Å²) in [6.45, 7) is 7.11. The Morgan fingerprint density at radius 1 is 1.21 bits per heavy atom. The quantitative estimate of drug-likeness (QED) is 0.802. The van der Waals surface area contributed by atoms with Crippen molar-refractivity contribution in [2.24, 2.45) is 5.92 Å². The molecule has 0 fully saturated rings. The van der Waals surface area contributed by atoms with Gasteiger partial charge in [0.25, 0.3) is 11.8 Å². The van der Waals surface area contributed by atoms with E-state index in [2.05, 4.69) is 5.32 Å². The molecule has 1 aliphatic heterocycles. The minimum Gasteiger partial charge on any atom is -0.444 e. The first-order valence-electron chi connectivity index (χ1n) is 9.09. The van der Waals surface area contributed by atoms with Gasteiger partial charge in [0.15, 0.2) is 0 Å². The van der Waals surface area contributed by atoms with Gasteiger partial charge in [-0.25, -0.2) is 0 Å². The third-order valence-corrected chi connectivity index (χ3v) is 5.29. The highest BCUT2D eigenvalue weighted by Gasteiger charge is 2.44. The minimum atomic E-state index is -1.02. The molecule has 0 bridgehead atoms. The van der Waals surface area contributed by atoms with Gasteiger partial charge >= 0.3 is 0 Å². The molecular formula is C21H21N3O4. The molecule has 0 saturated carbocycles. The van der Waals surface area contributed by atoms with Crippen LogP contribution < -0.4 is 5.32 Å². The SMILES string of the molecule is CCC(C)C(C(=O)Nc1oc(C)c(C)c1C#N)N1C(=O)c2ccccc2C1=O. The van der Waals surface area contributed by atoms with Gasteiger partial charge in [-0.15, -0.1) is 0 Å². The maximum atomic E-state index is 13.1. The number of amides is 3. The van der Waals surface area contributed by atoms with E-state index in [1.165, 1.54) is 0 Å². The molecule has 1 aromatic heterocycles. The number of imide groups is 1. The number of hydrogen-bond donors (Lipinski definition) is 1. The number of anilines is 1. The molecule has 7 heteroatoms. The number of carbonyl (C=O) groups is 3. The zero-order valence-electron chi connectivity index (χ0n) is 16.2. The Morgan fingerprint density at radius 3 is 2.29 bits per heavy atom. The fraction of sp³-hybridized carbons (Fsp3) is 0.333. The summed E-state index contributed by atoms with van der Waals surface area (Å²) in [6, 6.07) is 7.51. The van der Waals surface area contributed by atoms with Crippen LogP contribution in [0.5, 0.6) is 0 Å². The van der Waals surface area contributed by atoms with Gasteiger partial charge in [0.2, 0.25) is 11.8 Å². The van der Waals surface area contributed by atoms with Crippen LogP contribution in [0.4, 0.5) is 5.88 Å². The number of furan rings is 1. The Balaban J connectivity index is 1.97. The van der Waals surface area contributed by atoms with Gasteiger partial charge < -0.3 is 4.42 Å². The standard InChI is InChI=1S/C21H21N3O4/c1-5-11(2)17(18(25)23-19-16(10-22)12(3)13(4)28-19)24-20(26)14-8-6-7-9-15(14)21(24)27/h6-9,11,17H,5H2,1-4H3,(H,23,25). The second-order valence-corrected chi connectivity index (χ2v) is 6.94. The highest BCUT2D eigenvalue weighted by molar-refractivity contribution is 6.23. The summed E-state index contributed by atoms with van der Waals surface area (Å²) in [7, 11) is 0. The molecule has 0 spiro atoms. The minimum absolute atomic E-state index is 0.0346. The van der Waals surface area contributed by atoms with Crippen LogP contribution in [-0.2, 0) is 4.79 Å². The van der Waals surface area contributed by atoms with Crippen molar-refractivity contribution >= 4 is 23.6 Å². The van der Waals surface area contributed by atoms with Crippen LogP contribution in [0.1, 0.15) is 57.9 Å². The summed E-state index contributed by atoms with van der Waals surface area (Å²) in [5.41, 5.74) is 1.45. The number of nitrogens with one attached hydrogen (secondary N) is 1. The van der Waals surface area contributed by atoms with Gasteiger partial charge in [-0.05, 0) is 31.9 Å². The maximum absolute atomic E-state index is 13.1. The fourth-order valence-corrected chi connectivity index (χ4v) is 3.35. The van der Waals surface area contributed by atoms with Crippen molar-refractivity contribution in [2.75, 3.05) is 5.32 Å². The number of benzene rings is 1. The predicted octanol–water partition coefficient (Wildman–Crippen LogP) is 3.42. The fourth-order valence-electron chi connectivity index (χ4n) is 3.35. The van der Waals surface area contributed by atoms with Crippen molar-refractivity contribution in [3.05, 3.63) is 52.3 Å². The van der Waals surface area contributed by atoms with Crippen molar-refractivity contribution in [1.29, 1.82) is 5.26 Å². The first kappa shape index (κ1) is 19.4. The van der Waals surface area contributed by atoms with Crippen LogP contribution in [-0.4, -0.2) is 28.7 Å². The predicted molar refractivity (Wildman–Crippen MR) is 102 cm³/mol. The first-order chi connectivity index (χ1) is 13.3. The summed E-state index contributed by atoms with van der Waals surface area (Å²) >= 11 is 0. The summed E-state index contributed by atoms with van der Waals surface area (Å²) < 4.78 is 5.51. The van der Waals surface area contributed by atoms with Crippen LogP contribution in [0.2, 0.25) is 0 Å². The van der Waals surface area contributed by atoms with Gasteiger partial charge in [0.05, 0.1) is 11.1 Å². The molecule has 2 atom stereocenters. The zero-order valence-corrected chi connectivity index (χ0v) is 16.2. The Bertz CT molecular complexity index is 980. The lowest BCUT2D eigenvalue weighted by molar-refractivity contribution is -0.121. The van der Waals surface area contributed by atoms with Crippen molar-refractivity contribution < 1.29 is 18.8 Å². The van der Waals surface area contributed by atoms with Crippen LogP contribution in [0.15, 0.2) is 28.7 Å². The van der Waals surface area contributed by atoms with E-state index in [0.717, 1.165) is 4.90 Å². The highest BCUT2D eigenvalue weighted by Crippen LogP contribution is 2.30. The number of nitriles is 1. The molecule has 3 rings (SSSR count). The molecule has 144 valence electrons. The van der Waals surface area contributed by atoms with Crippen molar-refractivity contribution in [3.8, 4) is 6.07 Å². The Kier molecular flexibility index (Phi) is 5.06. The van der Waals surface area contributed by atoms with E-state index in [9.17, 15) is 19.6 Å². The monoisotopic (exact) mass is 379 g/mol. The van der Waals surface area contributed by atoms with Crippen LogP contribution in [0.3, 0.4) is 0 Å². The number of rotatable bonds is 5. The average Bonchev–Trinajstić information content (AvgIpc) is 3.09. The molecule has 0 saturated heterocycles. The van der Waals surface area contributed by atoms with Gasteiger partial charge in [-0.1, -0.05) is 32.4 Å². The molecule has 3 amide bonds. The topological polar surface area (TPSA) is 103 Å². The molecular weight excluding hydrogens is 358 g/mol. The Morgan fingerprint density at radius 2 is 1.79 bits per heavy atom. The first-order valence-corrected chi connectivity index (χ1v) is 9.09. The third-order valence-electron chi connectivity index (χ3n) is 5.29. The number of aryl methyl sites for hydroxylation is 1. The van der Waals surface area contributed by atoms with Gasteiger partial charge in [-0.2, -0.15) is 5.26 Å². The lowest BCUT2D eigenvalue weighted by Gasteiger charge is -2.29. The molecule has 28 heavy (non-hydrogen) atoms. The van der Waals surface area contributed by atoms with E-state index < -0.39 is 23.8 Å². The maximum Gasteiger partial charge on any atom is 0.262 e. The van der Waals surface area contributed by atoms with Crippen molar-refractivity contribution in [2.45, 2.75) is 40.2 Å². The largest absolute Gasteiger partial charge is 0.444 e. The second kappa shape index (κ2) is 7.31. The molecule has 0 radical (unpaired) electrons. The van der Waals surface area contributed by atoms with Gasteiger partial charge in [0.1, 0.15) is 23.4 Å². The summed E-state index contributed by atoms with van der Waals surface area (Å²) in [4.78, 5) is 39.8. The molecule has 2 unspecified atom stereocenters. The third kappa shape index (κ3) is 2.97. The number of fused-ring (bicyclic) bond motifs is 1. The van der Waals surface area contributed by atoms with Crippen molar-refractivity contribution in [3.63, 3.8) is 0 Å². The van der Waals surface area contributed by atoms with E-state index in [1.807, 2.05) is 13.0 Å². The summed E-state index contributed by atoms with van der Waals surface area (Å²) in [6.07, 6.45) is 0.576. The molecule has 1 aromatic carbocycles. The van der Waals surface area contributed by atoms with E-state index in [1.54, 1.807) is 45.0 Å². The molecule has 1 N–H and O–H groups in total. The van der Waals surface area contributed by atoms with Gasteiger partial charge in [0, 0.05) is 5.56 Å². The zero-order chi connectivity index (χ0) is 20.6. The van der Waals surface area contributed by atoms with E-state index >= 15 is 0 Å². The molecule has 2 aromatic rings. The lowest BCUT2D eigenvalue weighted by Crippen LogP contribution is -2.50. The van der Waals surface area contributed by atoms with Crippen molar-refractivity contribution in [1.82, 2.24) is 4.90 Å². The summed E-state index contributed by atoms with van der Waals surface area (Å²) in [5.74, 6) is -1.28. The van der Waals surface area contributed by atoms with E-state index in [4.69, 9.17) is 4.42 Å². The molecule has 7 nitrogen and oxygen atoms in total. The normalized spacial score (nSPS) is 15.2. The Labute approximate surface area is 162 Å². The van der Waals surface area contributed by atoms with Gasteiger partial charge in [-0.3, -0.25) is 24.6 Å². The van der Waals surface area contributed by atoms with Crippen LogP contribution in [0, 0.1) is 31.1 Å². The van der Waals surface area contributed by atoms with Crippen LogP contribution >= 0.6 is 0 Å². The smallest absolute Gasteiger partial charge is 0.262 e. The molecule has 2 heterocycles. The molecule has 0 aliphatic carbocycles. The summed E-state index contributed by atoms with van der Waals surface area (Å²) in [5, 5.41) is 12.0. The number of hydrogen-bond acceptors (Lipinski definition) is 5. The second-order valence-electron chi connectivity index (χ2n) is 6.94. The molecule has 1 aliphatic rings. The number of carbonyl (C=O) groups excluding carboxylic acids is 3.